The van der Waals surface area contributed by atoms with E-state index >= 15 is 0 Å². The first-order valence-corrected chi connectivity index (χ1v) is 12.2. The van der Waals surface area contributed by atoms with Crippen molar-refractivity contribution in [2.45, 2.75) is 13.0 Å². The summed E-state index contributed by atoms with van der Waals surface area (Å²) in [5, 5.41) is 0.536. The largest absolute Gasteiger partial charge is 0.379 e. The van der Waals surface area contributed by atoms with E-state index in [-0.39, 0.29) is 17.9 Å². The minimum atomic E-state index is -0.254. The Labute approximate surface area is 206 Å². The SMILES string of the molecule is Cc1ccc(C(=O)N(CCN2CCOCC2)CC2CN(C(=O)c3cccc(Cl)c3)CCO2)cc1. The van der Waals surface area contributed by atoms with Crippen LogP contribution < -0.4 is 0 Å². The van der Waals surface area contributed by atoms with E-state index in [1.54, 1.807) is 29.2 Å². The van der Waals surface area contributed by atoms with Crippen LogP contribution in [0.25, 0.3) is 0 Å². The fourth-order valence-corrected chi connectivity index (χ4v) is 4.50. The molecular weight excluding hydrogens is 454 g/mol. The van der Waals surface area contributed by atoms with Gasteiger partial charge in [0, 0.05) is 62.0 Å². The summed E-state index contributed by atoms with van der Waals surface area (Å²) in [6, 6.07) is 14.6. The van der Waals surface area contributed by atoms with Gasteiger partial charge in [0.15, 0.2) is 0 Å². The van der Waals surface area contributed by atoms with Gasteiger partial charge in [-0.2, -0.15) is 0 Å². The van der Waals surface area contributed by atoms with Gasteiger partial charge in [-0.25, -0.2) is 0 Å². The van der Waals surface area contributed by atoms with Crippen molar-refractivity contribution in [3.05, 3.63) is 70.2 Å². The number of hydrogen-bond donors (Lipinski definition) is 0. The van der Waals surface area contributed by atoms with Gasteiger partial charge in [-0.15, -0.1) is 0 Å². The van der Waals surface area contributed by atoms with E-state index < -0.39 is 0 Å². The molecule has 7 nitrogen and oxygen atoms in total. The summed E-state index contributed by atoms with van der Waals surface area (Å²) in [5.41, 5.74) is 2.34. The molecule has 0 aliphatic carbocycles. The van der Waals surface area contributed by atoms with Crippen LogP contribution in [0.2, 0.25) is 5.02 Å². The van der Waals surface area contributed by atoms with Gasteiger partial charge in [-0.3, -0.25) is 14.5 Å². The van der Waals surface area contributed by atoms with Crippen molar-refractivity contribution in [2.24, 2.45) is 0 Å². The summed E-state index contributed by atoms with van der Waals surface area (Å²) in [4.78, 5) is 32.4. The molecule has 2 aliphatic rings. The molecule has 4 rings (SSSR count). The van der Waals surface area contributed by atoms with Crippen molar-refractivity contribution >= 4 is 23.4 Å². The fraction of sp³-hybridized carbons (Fsp3) is 0.462. The zero-order chi connectivity index (χ0) is 23.9. The molecule has 8 heteroatoms. The summed E-state index contributed by atoms with van der Waals surface area (Å²) >= 11 is 6.08. The molecule has 2 fully saturated rings. The maximum atomic E-state index is 13.4. The number of rotatable bonds is 7. The predicted molar refractivity (Wildman–Crippen MR) is 131 cm³/mol. The third-order valence-corrected chi connectivity index (χ3v) is 6.53. The van der Waals surface area contributed by atoms with Crippen LogP contribution in [0.4, 0.5) is 0 Å². The zero-order valence-electron chi connectivity index (χ0n) is 19.6. The second kappa shape index (κ2) is 11.8. The van der Waals surface area contributed by atoms with Crippen LogP contribution in [0.15, 0.2) is 48.5 Å². The van der Waals surface area contributed by atoms with E-state index in [2.05, 4.69) is 4.90 Å². The first kappa shape index (κ1) is 24.7. The Morgan fingerprint density at radius 3 is 2.53 bits per heavy atom. The minimum absolute atomic E-state index is 0.0184. The zero-order valence-corrected chi connectivity index (χ0v) is 20.4. The summed E-state index contributed by atoms with van der Waals surface area (Å²) in [7, 11) is 0. The van der Waals surface area contributed by atoms with Crippen LogP contribution in [0.3, 0.4) is 0 Å². The lowest BCUT2D eigenvalue weighted by atomic mass is 10.1. The van der Waals surface area contributed by atoms with Gasteiger partial charge in [-0.05, 0) is 37.3 Å². The highest BCUT2D eigenvalue weighted by atomic mass is 35.5. The van der Waals surface area contributed by atoms with E-state index in [0.717, 1.165) is 38.4 Å². The van der Waals surface area contributed by atoms with Gasteiger partial charge < -0.3 is 19.3 Å². The number of carbonyl (C=O) groups excluding carboxylic acids is 2. The lowest BCUT2D eigenvalue weighted by Gasteiger charge is -2.37. The number of ether oxygens (including phenoxy) is 2. The maximum absolute atomic E-state index is 13.4. The lowest BCUT2D eigenvalue weighted by molar-refractivity contribution is -0.0346. The quantitative estimate of drug-likeness (QED) is 0.603. The second-order valence-corrected chi connectivity index (χ2v) is 9.26. The van der Waals surface area contributed by atoms with Gasteiger partial charge in [0.2, 0.25) is 0 Å². The molecule has 2 aromatic rings. The molecule has 2 amide bonds. The Bertz CT molecular complexity index is 978. The molecule has 2 aromatic carbocycles. The highest BCUT2D eigenvalue weighted by Crippen LogP contribution is 2.17. The van der Waals surface area contributed by atoms with Crippen LogP contribution in [0.5, 0.6) is 0 Å². The minimum Gasteiger partial charge on any atom is -0.379 e. The Hall–Kier alpha value is -2.45. The molecule has 0 radical (unpaired) electrons. The van der Waals surface area contributed by atoms with Crippen molar-refractivity contribution < 1.29 is 19.1 Å². The highest BCUT2D eigenvalue weighted by molar-refractivity contribution is 6.30. The third kappa shape index (κ3) is 6.57. The number of benzene rings is 2. The Balaban J connectivity index is 1.43. The van der Waals surface area contributed by atoms with E-state index in [9.17, 15) is 9.59 Å². The normalized spacial score (nSPS) is 19.1. The van der Waals surface area contributed by atoms with E-state index in [0.29, 0.717) is 48.9 Å². The number of nitrogens with zero attached hydrogens (tertiary/aromatic N) is 3. The van der Waals surface area contributed by atoms with Crippen LogP contribution in [-0.2, 0) is 9.47 Å². The molecule has 2 aliphatic heterocycles. The van der Waals surface area contributed by atoms with Gasteiger partial charge >= 0.3 is 0 Å². The second-order valence-electron chi connectivity index (χ2n) is 8.83. The number of halogens is 1. The molecular formula is C26H32ClN3O4. The van der Waals surface area contributed by atoms with Crippen molar-refractivity contribution in [3.63, 3.8) is 0 Å². The molecule has 182 valence electrons. The monoisotopic (exact) mass is 485 g/mol. The number of amides is 2. The van der Waals surface area contributed by atoms with Crippen molar-refractivity contribution in [2.75, 3.05) is 65.6 Å². The number of hydrogen-bond acceptors (Lipinski definition) is 5. The molecule has 1 unspecified atom stereocenters. The van der Waals surface area contributed by atoms with Gasteiger partial charge in [-0.1, -0.05) is 35.4 Å². The standard InChI is InChI=1S/C26H32ClN3O4/c1-20-5-7-21(8-6-20)25(31)29(10-9-28-11-14-33-15-12-28)18-24-19-30(13-16-34-24)26(32)22-3-2-4-23(27)17-22/h2-8,17,24H,9-16,18-19H2,1H3. The highest BCUT2D eigenvalue weighted by Gasteiger charge is 2.29. The molecule has 0 saturated carbocycles. The first-order valence-electron chi connectivity index (χ1n) is 11.8. The topological polar surface area (TPSA) is 62.3 Å². The van der Waals surface area contributed by atoms with Crippen LogP contribution in [0.1, 0.15) is 26.3 Å². The molecule has 0 bridgehead atoms. The Morgan fingerprint density at radius 2 is 1.79 bits per heavy atom. The summed E-state index contributed by atoms with van der Waals surface area (Å²) < 4.78 is 11.4. The van der Waals surface area contributed by atoms with E-state index in [1.807, 2.05) is 36.1 Å². The van der Waals surface area contributed by atoms with Gasteiger partial charge in [0.25, 0.3) is 11.8 Å². The molecule has 0 aromatic heterocycles. The molecule has 0 spiro atoms. The van der Waals surface area contributed by atoms with Crippen LogP contribution >= 0.6 is 11.6 Å². The number of morpholine rings is 2. The molecule has 2 heterocycles. The van der Waals surface area contributed by atoms with Gasteiger partial charge in [0.1, 0.15) is 0 Å². The van der Waals surface area contributed by atoms with Crippen molar-refractivity contribution in [3.8, 4) is 0 Å². The summed E-state index contributed by atoms with van der Waals surface area (Å²) in [5.74, 6) is -0.0873. The van der Waals surface area contributed by atoms with Crippen molar-refractivity contribution in [1.29, 1.82) is 0 Å². The summed E-state index contributed by atoms with van der Waals surface area (Å²) in [6.45, 7) is 8.37. The van der Waals surface area contributed by atoms with Gasteiger partial charge in [0.05, 0.1) is 25.9 Å². The van der Waals surface area contributed by atoms with Crippen LogP contribution in [-0.4, -0.2) is 98.3 Å². The molecule has 2 saturated heterocycles. The Morgan fingerprint density at radius 1 is 1.03 bits per heavy atom. The average molecular weight is 486 g/mol. The molecule has 0 N–H and O–H groups in total. The third-order valence-electron chi connectivity index (χ3n) is 6.30. The predicted octanol–water partition coefficient (Wildman–Crippen LogP) is 2.96. The van der Waals surface area contributed by atoms with E-state index in [4.69, 9.17) is 21.1 Å². The maximum Gasteiger partial charge on any atom is 0.254 e. The number of carbonyl (C=O) groups is 2. The fourth-order valence-electron chi connectivity index (χ4n) is 4.31. The van der Waals surface area contributed by atoms with E-state index in [1.165, 1.54) is 0 Å². The van der Waals surface area contributed by atoms with Crippen molar-refractivity contribution in [1.82, 2.24) is 14.7 Å². The van der Waals surface area contributed by atoms with Crippen LogP contribution in [0, 0.1) is 6.92 Å². The summed E-state index contributed by atoms with van der Waals surface area (Å²) in [6.07, 6.45) is -0.254. The number of aryl methyl sites for hydroxylation is 1. The Kier molecular flexibility index (Phi) is 8.56. The molecule has 34 heavy (non-hydrogen) atoms. The molecule has 1 atom stereocenters. The first-order chi connectivity index (χ1) is 16.5. The lowest BCUT2D eigenvalue weighted by Crippen LogP contribution is -2.52. The average Bonchev–Trinajstić information content (AvgIpc) is 2.87. The smallest absolute Gasteiger partial charge is 0.254 e.